The van der Waals surface area contributed by atoms with E-state index >= 15 is 0 Å². The van der Waals surface area contributed by atoms with Crippen LogP contribution in [0.25, 0.3) is 10.9 Å². The van der Waals surface area contributed by atoms with Gasteiger partial charge in [0.1, 0.15) is 41.1 Å². The Morgan fingerprint density at radius 2 is 1.71 bits per heavy atom. The fourth-order valence-electron chi connectivity index (χ4n) is 4.36. The summed E-state index contributed by atoms with van der Waals surface area (Å²) in [6.45, 7) is 1.27. The van der Waals surface area contributed by atoms with E-state index < -0.39 is 29.8 Å². The third kappa shape index (κ3) is 8.38. The summed E-state index contributed by atoms with van der Waals surface area (Å²) in [5.74, 6) is -0.439. The van der Waals surface area contributed by atoms with Crippen LogP contribution in [0.4, 0.5) is 23.2 Å². The van der Waals surface area contributed by atoms with Gasteiger partial charge < -0.3 is 82.3 Å². The molecule has 3 aromatic carbocycles. The van der Waals surface area contributed by atoms with Gasteiger partial charge in [0.25, 0.3) is 0 Å². The zero-order valence-corrected chi connectivity index (χ0v) is 26.8. The fourth-order valence-corrected chi connectivity index (χ4v) is 4.36. The third-order valence-electron chi connectivity index (χ3n) is 6.14. The van der Waals surface area contributed by atoms with Crippen molar-refractivity contribution in [3.8, 4) is 23.0 Å². The molecule has 1 unspecified atom stereocenters. The predicted octanol–water partition coefficient (Wildman–Crippen LogP) is -1.27. The maximum Gasteiger partial charge on any atom is 0.573 e. The number of halogens is 6. The van der Waals surface area contributed by atoms with Crippen LogP contribution in [0.3, 0.4) is 0 Å². The lowest BCUT2D eigenvalue weighted by Crippen LogP contribution is -3.00. The second-order valence-corrected chi connectivity index (χ2v) is 8.82. The molecule has 42 heavy (non-hydrogen) atoms. The van der Waals surface area contributed by atoms with Crippen LogP contribution >= 0.6 is 0 Å². The van der Waals surface area contributed by atoms with Gasteiger partial charge in [-0.05, 0) is 30.7 Å². The van der Waals surface area contributed by atoms with Gasteiger partial charge in [-0.1, -0.05) is 0 Å². The number of hydrogen-bond donors (Lipinski definition) is 3. The van der Waals surface area contributed by atoms with E-state index in [1.807, 2.05) is 0 Å². The van der Waals surface area contributed by atoms with Crippen molar-refractivity contribution in [1.29, 1.82) is 0 Å². The van der Waals surface area contributed by atoms with Gasteiger partial charge in [-0.15, -0.1) is 13.2 Å². The van der Waals surface area contributed by atoms with Crippen LogP contribution in [-0.4, -0.2) is 49.7 Å². The van der Waals surface area contributed by atoms with E-state index in [-0.39, 0.29) is 83.6 Å². The second kappa shape index (κ2) is 15.1. The van der Waals surface area contributed by atoms with Crippen LogP contribution in [-0.2, 0) is 0 Å². The van der Waals surface area contributed by atoms with Gasteiger partial charge in [0, 0.05) is 53.0 Å². The van der Waals surface area contributed by atoms with Crippen molar-refractivity contribution in [2.75, 3.05) is 27.4 Å². The minimum absolute atomic E-state index is 0. The number of aliphatic hydroxyl groups excluding tert-OH is 1. The number of nitrogens with two attached hydrogens (primary N) is 1. The SMILES string of the molecule is COc1cc([NH2+]C(C(=O)c2c[nH]c3cc(OC(F)(F)F)c(C)cc23)c2ccc(F)cc2OC)cc(OCCO)c1.[I-].[I-]. The summed E-state index contributed by atoms with van der Waals surface area (Å²) >= 11 is 0. The number of carbonyl (C=O) groups excluding carboxylic acids is 1. The van der Waals surface area contributed by atoms with Gasteiger partial charge in [-0.2, -0.15) is 0 Å². The number of fused-ring (bicyclic) bond motifs is 1. The molecule has 0 amide bonds. The lowest BCUT2D eigenvalue weighted by atomic mass is 9.95. The lowest BCUT2D eigenvalue weighted by molar-refractivity contribution is -0.601. The predicted molar refractivity (Wildman–Crippen MR) is 137 cm³/mol. The molecule has 0 aliphatic heterocycles. The summed E-state index contributed by atoms with van der Waals surface area (Å²) < 4.78 is 73.0. The molecule has 0 radical (unpaired) electrons. The van der Waals surface area contributed by atoms with Crippen LogP contribution < -0.4 is 72.2 Å². The van der Waals surface area contributed by atoms with E-state index in [1.54, 1.807) is 23.5 Å². The summed E-state index contributed by atoms with van der Waals surface area (Å²) in [5.41, 5.74) is 1.52. The summed E-state index contributed by atoms with van der Waals surface area (Å²) in [7, 11) is 2.81. The standard InChI is InChI=1S/C28H26F4N2O6.2HI/c1-15-8-21-22(14-33-23(21)13-24(15)40-28(30,31)32)27(36)26(20-5-4-16(29)9-25(20)38-3)34-17-10-18(37-2)12-19(11-17)39-7-6-35;;/h4-5,8-14,26,33-35H,6-7H2,1-3H3;2*1H/p-1. The summed E-state index contributed by atoms with van der Waals surface area (Å²) in [6, 6.07) is 10.3. The second-order valence-electron chi connectivity index (χ2n) is 8.82. The number of aromatic amines is 1. The number of H-pyrrole nitrogens is 1. The molecule has 0 spiro atoms. The van der Waals surface area contributed by atoms with Crippen molar-refractivity contribution < 1.29 is 99.7 Å². The normalized spacial score (nSPS) is 11.7. The van der Waals surface area contributed by atoms with E-state index in [1.165, 1.54) is 51.6 Å². The van der Waals surface area contributed by atoms with E-state index in [2.05, 4.69) is 9.72 Å². The number of methoxy groups -OCH3 is 2. The van der Waals surface area contributed by atoms with E-state index in [0.29, 0.717) is 28.1 Å². The molecule has 4 rings (SSSR count). The van der Waals surface area contributed by atoms with Crippen LogP contribution in [0.15, 0.2) is 54.7 Å². The van der Waals surface area contributed by atoms with Gasteiger partial charge in [0.2, 0.25) is 5.78 Å². The zero-order valence-electron chi connectivity index (χ0n) is 22.5. The van der Waals surface area contributed by atoms with Crippen LogP contribution in [0.5, 0.6) is 23.0 Å². The van der Waals surface area contributed by atoms with Crippen LogP contribution in [0.2, 0.25) is 0 Å². The largest absolute Gasteiger partial charge is 1.00 e. The van der Waals surface area contributed by atoms with Crippen molar-refractivity contribution >= 4 is 22.4 Å². The number of rotatable bonds is 11. The minimum atomic E-state index is -4.88. The van der Waals surface area contributed by atoms with Crippen molar-refractivity contribution in [2.45, 2.75) is 19.3 Å². The average Bonchev–Trinajstić information content (AvgIpc) is 3.31. The molecule has 4 aromatic rings. The topological polar surface area (TPSA) is 107 Å². The maximum absolute atomic E-state index is 14.1. The molecule has 14 heteroatoms. The number of ketones is 1. The van der Waals surface area contributed by atoms with Crippen molar-refractivity contribution in [1.82, 2.24) is 4.98 Å². The van der Waals surface area contributed by atoms with E-state index in [0.717, 1.165) is 6.07 Å². The Bertz CT molecular complexity index is 1530. The van der Waals surface area contributed by atoms with Gasteiger partial charge >= 0.3 is 6.36 Å². The third-order valence-corrected chi connectivity index (χ3v) is 6.14. The Balaban J connectivity index is 0.00000308. The molecule has 0 aliphatic rings. The molecular weight excluding hydrogens is 790 g/mol. The number of aliphatic hydroxyl groups is 1. The molecule has 228 valence electrons. The molecule has 1 heterocycles. The Morgan fingerprint density at radius 1 is 1.00 bits per heavy atom. The summed E-state index contributed by atoms with van der Waals surface area (Å²) in [4.78, 5) is 17.0. The monoisotopic (exact) mass is 817 g/mol. The molecule has 0 aliphatic carbocycles. The van der Waals surface area contributed by atoms with Gasteiger partial charge in [0.05, 0.1) is 26.4 Å². The Labute approximate surface area is 272 Å². The fraction of sp³-hybridized carbons (Fsp3) is 0.250. The number of aryl methyl sites for hydroxylation is 1. The number of benzene rings is 3. The Morgan fingerprint density at radius 3 is 2.36 bits per heavy atom. The zero-order chi connectivity index (χ0) is 29.0. The molecule has 8 nitrogen and oxygen atoms in total. The molecule has 0 saturated heterocycles. The highest BCUT2D eigenvalue weighted by atomic mass is 127. The molecule has 4 N–H and O–H groups in total. The van der Waals surface area contributed by atoms with E-state index in [4.69, 9.17) is 19.3 Å². The quantitative estimate of drug-likeness (QED) is 0.0756. The molecule has 1 atom stereocenters. The van der Waals surface area contributed by atoms with Crippen molar-refractivity contribution in [3.63, 3.8) is 0 Å². The first-order chi connectivity index (χ1) is 19.0. The number of nitrogens with one attached hydrogen (secondary N) is 1. The number of hydrogen-bond acceptors (Lipinski definition) is 6. The van der Waals surface area contributed by atoms with Crippen LogP contribution in [0.1, 0.15) is 27.5 Å². The van der Waals surface area contributed by atoms with Gasteiger partial charge in [-0.25, -0.2) is 4.39 Å². The molecule has 0 saturated carbocycles. The molecule has 0 bridgehead atoms. The minimum Gasteiger partial charge on any atom is -1.00 e. The van der Waals surface area contributed by atoms with Crippen molar-refractivity contribution in [3.05, 3.63) is 77.2 Å². The smallest absolute Gasteiger partial charge is 0.573 e. The molecule has 1 aromatic heterocycles. The first-order valence-corrected chi connectivity index (χ1v) is 12.1. The Kier molecular flexibility index (Phi) is 12.7. The van der Waals surface area contributed by atoms with E-state index in [9.17, 15) is 22.4 Å². The summed E-state index contributed by atoms with van der Waals surface area (Å²) in [6.07, 6.45) is -3.47. The van der Waals surface area contributed by atoms with Gasteiger partial charge in [0.15, 0.2) is 6.04 Å². The number of ether oxygens (including phenoxy) is 4. The van der Waals surface area contributed by atoms with Crippen LogP contribution in [0, 0.1) is 12.7 Å². The number of alkyl halides is 3. The Hall–Kier alpha value is -2.83. The average molecular weight is 817 g/mol. The van der Waals surface area contributed by atoms with Gasteiger partial charge in [-0.3, -0.25) is 4.79 Å². The number of carbonyl (C=O) groups is 1. The highest BCUT2D eigenvalue weighted by Gasteiger charge is 2.34. The summed E-state index contributed by atoms with van der Waals surface area (Å²) in [5, 5.41) is 11.1. The number of quaternary nitrogens is 1. The first kappa shape index (κ1) is 35.4. The highest BCUT2D eigenvalue weighted by Crippen LogP contribution is 2.34. The molecular formula is C28H27F4I2N2O6-. The maximum atomic E-state index is 14.1. The number of Topliss-reactive ketones (excluding diaryl/α,β-unsaturated/α-hetero) is 1. The number of aromatic nitrogens is 1. The lowest BCUT2D eigenvalue weighted by Gasteiger charge is -2.18. The first-order valence-electron chi connectivity index (χ1n) is 12.1. The highest BCUT2D eigenvalue weighted by molar-refractivity contribution is 6.10. The molecule has 0 fully saturated rings. The van der Waals surface area contributed by atoms with Crippen molar-refractivity contribution in [2.24, 2.45) is 0 Å².